The number of aliphatic carboxylic acids is 1. The lowest BCUT2D eigenvalue weighted by Gasteiger charge is -2.31. The van der Waals surface area contributed by atoms with E-state index in [2.05, 4.69) is 111 Å². The van der Waals surface area contributed by atoms with E-state index in [0.29, 0.717) is 19.3 Å². The number of quaternary nitrogens is 1. The number of allylic oxidation sites excluding steroid dienone is 16. The molecule has 0 bridgehead atoms. The zero-order valence-electron chi connectivity index (χ0n) is 40.7. The average molecular weight is 879 g/mol. The van der Waals surface area contributed by atoms with E-state index < -0.39 is 18.1 Å². The molecule has 0 aromatic carbocycles. The van der Waals surface area contributed by atoms with Crippen molar-refractivity contribution in [3.8, 4) is 0 Å². The predicted octanol–water partition coefficient (Wildman–Crippen LogP) is 14.2. The Morgan fingerprint density at radius 1 is 0.492 bits per heavy atom. The van der Waals surface area contributed by atoms with E-state index in [1.54, 1.807) is 0 Å². The van der Waals surface area contributed by atoms with Crippen LogP contribution in [0, 0.1) is 0 Å². The molecule has 0 aliphatic heterocycles. The van der Waals surface area contributed by atoms with Crippen LogP contribution in [0.4, 0.5) is 0 Å². The van der Waals surface area contributed by atoms with Crippen molar-refractivity contribution in [2.45, 2.75) is 193 Å². The molecule has 0 aliphatic rings. The van der Waals surface area contributed by atoms with Crippen LogP contribution in [0.15, 0.2) is 97.2 Å². The number of carbonyl (C=O) groups excluding carboxylic acids is 2. The average Bonchev–Trinajstić information content (AvgIpc) is 3.24. The third-order valence-electron chi connectivity index (χ3n) is 10.5. The van der Waals surface area contributed by atoms with Crippen molar-refractivity contribution < 1.29 is 38.2 Å². The fourth-order valence-corrected chi connectivity index (χ4v) is 6.65. The molecule has 2 atom stereocenters. The van der Waals surface area contributed by atoms with Gasteiger partial charge in [-0.05, 0) is 96.3 Å². The Kier molecular flexibility index (Phi) is 42.2. The van der Waals surface area contributed by atoms with E-state index in [-0.39, 0.29) is 42.7 Å². The maximum Gasteiger partial charge on any atom is 0.362 e. The monoisotopic (exact) mass is 879 g/mol. The molecule has 0 aliphatic carbocycles. The fraction of sp³-hybridized carbons (Fsp3) is 0.655. The topological polar surface area (TPSA) is 99.1 Å². The summed E-state index contributed by atoms with van der Waals surface area (Å²) in [5.74, 6) is -1.53. The number of likely N-dealkylation sites (N-methyl/N-ethyl adjacent to an activating group) is 1. The molecular weight excluding hydrogens is 787 g/mol. The number of ether oxygens (including phenoxy) is 3. The first-order valence-electron chi connectivity index (χ1n) is 24.8. The van der Waals surface area contributed by atoms with Crippen LogP contribution in [0.2, 0.25) is 0 Å². The summed E-state index contributed by atoms with van der Waals surface area (Å²) in [7, 11) is 5.51. The van der Waals surface area contributed by atoms with Gasteiger partial charge in [0.15, 0.2) is 12.1 Å². The van der Waals surface area contributed by atoms with Gasteiger partial charge in [-0.2, -0.15) is 0 Å². The number of unbranched alkanes of at least 4 members (excludes halogenated alkanes) is 13. The molecule has 2 unspecified atom stereocenters. The van der Waals surface area contributed by atoms with E-state index >= 15 is 0 Å². The van der Waals surface area contributed by atoms with Gasteiger partial charge in [-0.3, -0.25) is 9.59 Å². The third kappa shape index (κ3) is 43.3. The van der Waals surface area contributed by atoms with Crippen molar-refractivity contribution in [1.29, 1.82) is 0 Å². The molecule has 0 fully saturated rings. The molecule has 0 radical (unpaired) electrons. The Morgan fingerprint density at radius 3 is 1.33 bits per heavy atom. The van der Waals surface area contributed by atoms with Crippen LogP contribution in [-0.4, -0.2) is 80.6 Å². The summed E-state index contributed by atoms with van der Waals surface area (Å²) in [5, 5.41) is 9.65. The number of carboxylic acid groups (broad SMARTS) is 1. The number of esters is 2. The second kappa shape index (κ2) is 44.8. The summed E-state index contributed by atoms with van der Waals surface area (Å²) in [6.45, 7) is 4.54. The van der Waals surface area contributed by atoms with E-state index in [1.807, 2.05) is 21.1 Å². The normalized spacial score (nSPS) is 13.7. The van der Waals surface area contributed by atoms with Crippen LogP contribution in [0.25, 0.3) is 0 Å². The number of nitrogens with zero attached hydrogens (tertiary/aromatic N) is 1. The lowest BCUT2D eigenvalue weighted by molar-refractivity contribution is -0.887. The second-order valence-electron chi connectivity index (χ2n) is 17.3. The lowest BCUT2D eigenvalue weighted by atomic mass is 10.1. The summed E-state index contributed by atoms with van der Waals surface area (Å²) >= 11 is 0. The standard InChI is InChI=1S/C55H91NO7/c1-6-8-10-12-14-16-18-20-22-24-25-26-27-28-30-32-34-36-38-40-42-44-46-54(58)63-51(49-61-48-47-52(55(59)60)56(3,4)5)50-62-53(57)45-43-41-39-37-35-33-31-29-23-21-19-17-15-13-11-9-7-2/h8,10,14-17,20-23,25-26,28,30,34,36,51-52H,6-7,9,11-13,18-19,24,27,29,31-33,35,37-50H2,1-5H3/p+1/b10-8+,16-14+,17-15+,22-20+,23-21+,26-25+,30-28+,36-34+. The lowest BCUT2D eigenvalue weighted by Crippen LogP contribution is -2.50. The van der Waals surface area contributed by atoms with Crippen molar-refractivity contribution in [1.82, 2.24) is 0 Å². The van der Waals surface area contributed by atoms with Gasteiger partial charge < -0.3 is 23.8 Å². The quantitative estimate of drug-likeness (QED) is 0.0282. The van der Waals surface area contributed by atoms with Crippen molar-refractivity contribution in [2.75, 3.05) is 41.0 Å². The molecule has 8 nitrogen and oxygen atoms in total. The first-order chi connectivity index (χ1) is 30.6. The highest BCUT2D eigenvalue weighted by Crippen LogP contribution is 2.13. The molecule has 0 aromatic heterocycles. The molecule has 0 saturated carbocycles. The highest BCUT2D eigenvalue weighted by molar-refractivity contribution is 5.72. The highest BCUT2D eigenvalue weighted by Gasteiger charge is 2.31. The predicted molar refractivity (Wildman–Crippen MR) is 266 cm³/mol. The van der Waals surface area contributed by atoms with Crippen LogP contribution in [0.1, 0.15) is 181 Å². The summed E-state index contributed by atoms with van der Waals surface area (Å²) in [5.41, 5.74) is 0. The van der Waals surface area contributed by atoms with Gasteiger partial charge >= 0.3 is 17.9 Å². The highest BCUT2D eigenvalue weighted by atomic mass is 16.6. The molecule has 1 N–H and O–H groups in total. The SMILES string of the molecule is CC/C=C/C/C=C/C/C=C/C/C=C/C/C=C/C/C=C/CCCCCC(=O)OC(COCCC(C(=O)O)[N+](C)(C)C)COC(=O)CCCCCCCCC/C=C/C/C=C/CCCCC. The van der Waals surface area contributed by atoms with Gasteiger partial charge in [-0.25, -0.2) is 4.79 Å². The first kappa shape index (κ1) is 59.2. The van der Waals surface area contributed by atoms with Crippen molar-refractivity contribution in [2.24, 2.45) is 0 Å². The maximum absolute atomic E-state index is 12.8. The van der Waals surface area contributed by atoms with Gasteiger partial charge in [0.25, 0.3) is 0 Å². The third-order valence-corrected chi connectivity index (χ3v) is 10.5. The fourth-order valence-electron chi connectivity index (χ4n) is 6.65. The van der Waals surface area contributed by atoms with Gasteiger partial charge in [0.1, 0.15) is 6.61 Å². The molecule has 8 heteroatoms. The van der Waals surface area contributed by atoms with Gasteiger partial charge in [0, 0.05) is 19.3 Å². The van der Waals surface area contributed by atoms with Crippen LogP contribution in [0.3, 0.4) is 0 Å². The van der Waals surface area contributed by atoms with E-state index in [4.69, 9.17) is 14.2 Å². The summed E-state index contributed by atoms with van der Waals surface area (Å²) < 4.78 is 17.3. The van der Waals surface area contributed by atoms with Gasteiger partial charge in [0.05, 0.1) is 34.4 Å². The maximum atomic E-state index is 12.8. The first-order valence-corrected chi connectivity index (χ1v) is 24.8. The van der Waals surface area contributed by atoms with Crippen molar-refractivity contribution in [3.63, 3.8) is 0 Å². The van der Waals surface area contributed by atoms with Gasteiger partial charge in [0.2, 0.25) is 0 Å². The number of rotatable bonds is 43. The van der Waals surface area contributed by atoms with Crippen LogP contribution < -0.4 is 0 Å². The van der Waals surface area contributed by atoms with Crippen LogP contribution in [0.5, 0.6) is 0 Å². The molecular formula is C55H92NO7+. The Morgan fingerprint density at radius 2 is 0.889 bits per heavy atom. The molecule has 0 heterocycles. The van der Waals surface area contributed by atoms with E-state index in [9.17, 15) is 19.5 Å². The van der Waals surface area contributed by atoms with Crippen LogP contribution in [-0.2, 0) is 28.6 Å². The van der Waals surface area contributed by atoms with Crippen molar-refractivity contribution >= 4 is 17.9 Å². The molecule has 0 saturated heterocycles. The second-order valence-corrected chi connectivity index (χ2v) is 17.3. The largest absolute Gasteiger partial charge is 0.477 e. The molecule has 0 amide bonds. The number of carboxylic acids is 1. The number of hydrogen-bond donors (Lipinski definition) is 1. The van der Waals surface area contributed by atoms with E-state index in [0.717, 1.165) is 89.9 Å². The van der Waals surface area contributed by atoms with Crippen LogP contribution >= 0.6 is 0 Å². The number of carbonyl (C=O) groups is 3. The summed E-state index contributed by atoms with van der Waals surface area (Å²) in [4.78, 5) is 37.1. The smallest absolute Gasteiger partial charge is 0.362 e. The Balaban J connectivity index is 4.39. The molecule has 0 aromatic rings. The minimum atomic E-state index is -0.886. The number of hydrogen-bond acceptors (Lipinski definition) is 6. The molecule has 358 valence electrons. The zero-order valence-corrected chi connectivity index (χ0v) is 40.7. The minimum Gasteiger partial charge on any atom is -0.477 e. The zero-order chi connectivity index (χ0) is 46.3. The Hall–Kier alpha value is -3.75. The van der Waals surface area contributed by atoms with Gasteiger partial charge in [-0.15, -0.1) is 0 Å². The van der Waals surface area contributed by atoms with E-state index in [1.165, 1.54) is 51.4 Å². The van der Waals surface area contributed by atoms with Gasteiger partial charge in [-0.1, -0.05) is 162 Å². The Bertz CT molecular complexity index is 1350. The summed E-state index contributed by atoms with van der Waals surface area (Å²) in [6, 6.07) is -0.628. The Labute approximate surface area is 386 Å². The van der Waals surface area contributed by atoms with Crippen molar-refractivity contribution in [3.05, 3.63) is 97.2 Å². The minimum absolute atomic E-state index is 0.0388. The molecule has 63 heavy (non-hydrogen) atoms. The molecule has 0 spiro atoms. The molecule has 0 rings (SSSR count). The summed E-state index contributed by atoms with van der Waals surface area (Å²) in [6.07, 6.45) is 60.2.